The van der Waals surface area contributed by atoms with Crippen molar-refractivity contribution in [3.05, 3.63) is 34.9 Å². The molecule has 24 heavy (non-hydrogen) atoms. The fourth-order valence-electron chi connectivity index (χ4n) is 2.32. The van der Waals surface area contributed by atoms with Crippen molar-refractivity contribution in [2.75, 3.05) is 13.6 Å². The van der Waals surface area contributed by atoms with E-state index in [1.54, 1.807) is 32.2 Å². The number of likely N-dealkylation sites (N-methyl/N-ethyl adjacent to an activating group) is 1. The molecule has 1 amide bonds. The van der Waals surface area contributed by atoms with E-state index in [1.165, 1.54) is 11.2 Å². The molecule has 0 saturated heterocycles. The van der Waals surface area contributed by atoms with Gasteiger partial charge in [-0.15, -0.1) is 0 Å². The average Bonchev–Trinajstić information content (AvgIpc) is 2.54. The molecule has 8 nitrogen and oxygen atoms in total. The van der Waals surface area contributed by atoms with E-state index in [4.69, 9.17) is 9.84 Å². The number of hydrogen-bond acceptors (Lipinski definition) is 5. The van der Waals surface area contributed by atoms with E-state index in [-0.39, 0.29) is 29.0 Å². The summed E-state index contributed by atoms with van der Waals surface area (Å²) in [6.07, 6.45) is 0.851. The third kappa shape index (κ3) is 4.09. The molecule has 0 bridgehead atoms. The number of aromatic nitrogens is 2. The second-order valence-electron chi connectivity index (χ2n) is 5.40. The van der Waals surface area contributed by atoms with Crippen LogP contribution in [0.2, 0.25) is 0 Å². The summed E-state index contributed by atoms with van der Waals surface area (Å²) in [5.41, 5.74) is 0.135. The number of aromatic amines is 1. The molecular formula is C16H19N3O5. The molecule has 0 radical (unpaired) electrons. The number of benzene rings is 1. The number of nitrogens with zero attached hydrogens (tertiary/aromatic N) is 2. The van der Waals surface area contributed by atoms with Crippen molar-refractivity contribution in [3.8, 4) is 5.75 Å². The monoisotopic (exact) mass is 333 g/mol. The Labute approximate surface area is 138 Å². The largest absolute Gasteiger partial charge is 0.481 e. The summed E-state index contributed by atoms with van der Waals surface area (Å²) < 4.78 is 5.65. The van der Waals surface area contributed by atoms with Crippen molar-refractivity contribution in [1.29, 1.82) is 0 Å². The predicted molar refractivity (Wildman–Crippen MR) is 87.0 cm³/mol. The van der Waals surface area contributed by atoms with E-state index < -0.39 is 12.1 Å². The van der Waals surface area contributed by atoms with E-state index in [0.717, 1.165) is 0 Å². The Morgan fingerprint density at radius 3 is 2.88 bits per heavy atom. The number of ether oxygens (including phenoxy) is 1. The van der Waals surface area contributed by atoms with Crippen molar-refractivity contribution >= 4 is 22.8 Å². The Morgan fingerprint density at radius 1 is 1.42 bits per heavy atom. The van der Waals surface area contributed by atoms with Gasteiger partial charge in [-0.1, -0.05) is 6.07 Å². The second-order valence-corrected chi connectivity index (χ2v) is 5.40. The summed E-state index contributed by atoms with van der Waals surface area (Å²) in [6.45, 7) is 1.90. The van der Waals surface area contributed by atoms with Crippen LogP contribution in [0.1, 0.15) is 19.8 Å². The number of carboxylic acid groups (broad SMARTS) is 1. The highest BCUT2D eigenvalue weighted by molar-refractivity contribution is 5.85. The molecule has 1 aromatic carbocycles. The number of fused-ring (bicyclic) bond motifs is 1. The molecule has 0 saturated carbocycles. The van der Waals surface area contributed by atoms with Crippen LogP contribution in [0, 0.1) is 0 Å². The number of rotatable bonds is 7. The summed E-state index contributed by atoms with van der Waals surface area (Å²) >= 11 is 0. The third-order valence-electron chi connectivity index (χ3n) is 3.54. The summed E-state index contributed by atoms with van der Waals surface area (Å²) in [6, 6.07) is 4.98. The van der Waals surface area contributed by atoms with Crippen LogP contribution in [-0.2, 0) is 9.59 Å². The molecule has 0 unspecified atom stereocenters. The lowest BCUT2D eigenvalue weighted by Gasteiger charge is -2.22. The zero-order chi connectivity index (χ0) is 17.7. The molecule has 1 heterocycles. The van der Waals surface area contributed by atoms with E-state index >= 15 is 0 Å². The van der Waals surface area contributed by atoms with Crippen LogP contribution in [0.15, 0.2) is 29.3 Å². The quantitative estimate of drug-likeness (QED) is 0.782. The lowest BCUT2D eigenvalue weighted by Crippen LogP contribution is -2.38. The average molecular weight is 333 g/mol. The number of hydrogen-bond donors (Lipinski definition) is 2. The van der Waals surface area contributed by atoms with Gasteiger partial charge in [0.1, 0.15) is 11.1 Å². The molecule has 128 valence electrons. The number of H-pyrrole nitrogens is 1. The normalized spacial score (nSPS) is 11.9. The maximum atomic E-state index is 12.3. The minimum absolute atomic E-state index is 0.00275. The summed E-state index contributed by atoms with van der Waals surface area (Å²) in [5.74, 6) is -0.915. The van der Waals surface area contributed by atoms with Gasteiger partial charge >= 0.3 is 5.97 Å². The van der Waals surface area contributed by atoms with Crippen LogP contribution in [0.5, 0.6) is 5.75 Å². The molecule has 2 rings (SSSR count). The predicted octanol–water partition coefficient (Wildman–Crippen LogP) is 1.01. The van der Waals surface area contributed by atoms with Gasteiger partial charge in [0.15, 0.2) is 6.10 Å². The standard InChI is InChI=1S/C16H19N3O5/c1-10(16(23)19(2)8-4-7-13(20)21)24-12-6-3-5-11-14(12)15(22)18-9-17-11/h3,5-6,9-10H,4,7-8H2,1-2H3,(H,20,21)(H,17,18,22)/t10-/m1/s1. The SMILES string of the molecule is C[C@@H](Oc1cccc2nc[nH]c(=O)c12)C(=O)N(C)CCCC(=O)O. The van der Waals surface area contributed by atoms with Crippen LogP contribution in [-0.4, -0.2) is 51.5 Å². The highest BCUT2D eigenvalue weighted by Gasteiger charge is 2.20. The number of aliphatic carboxylic acids is 1. The topological polar surface area (TPSA) is 113 Å². The van der Waals surface area contributed by atoms with Crippen molar-refractivity contribution in [2.24, 2.45) is 0 Å². The van der Waals surface area contributed by atoms with Gasteiger partial charge in [0.05, 0.1) is 11.8 Å². The minimum atomic E-state index is -0.900. The van der Waals surface area contributed by atoms with Crippen molar-refractivity contribution < 1.29 is 19.4 Å². The molecule has 2 N–H and O–H groups in total. The maximum absolute atomic E-state index is 12.3. The van der Waals surface area contributed by atoms with E-state index in [0.29, 0.717) is 18.5 Å². The van der Waals surface area contributed by atoms with Gasteiger partial charge in [0.25, 0.3) is 11.5 Å². The molecule has 1 atom stereocenters. The van der Waals surface area contributed by atoms with E-state index in [1.807, 2.05) is 0 Å². The van der Waals surface area contributed by atoms with Crippen LogP contribution in [0.3, 0.4) is 0 Å². The number of carbonyl (C=O) groups is 2. The number of nitrogens with one attached hydrogen (secondary N) is 1. The Hall–Kier alpha value is -2.90. The molecule has 0 fully saturated rings. The molecule has 0 aliphatic heterocycles. The van der Waals surface area contributed by atoms with Gasteiger partial charge in [-0.3, -0.25) is 14.4 Å². The second kappa shape index (κ2) is 7.58. The molecule has 2 aromatic rings. The maximum Gasteiger partial charge on any atom is 0.303 e. The van der Waals surface area contributed by atoms with Gasteiger partial charge in [-0.25, -0.2) is 4.98 Å². The first-order chi connectivity index (χ1) is 11.4. The van der Waals surface area contributed by atoms with Gasteiger partial charge in [-0.2, -0.15) is 0 Å². The van der Waals surface area contributed by atoms with Crippen molar-refractivity contribution in [3.63, 3.8) is 0 Å². The lowest BCUT2D eigenvalue weighted by molar-refractivity contribution is -0.139. The molecule has 1 aromatic heterocycles. The fourth-order valence-corrected chi connectivity index (χ4v) is 2.32. The van der Waals surface area contributed by atoms with E-state index in [9.17, 15) is 14.4 Å². The van der Waals surface area contributed by atoms with Gasteiger partial charge in [0, 0.05) is 20.0 Å². The van der Waals surface area contributed by atoms with Crippen LogP contribution >= 0.6 is 0 Å². The van der Waals surface area contributed by atoms with Crippen LogP contribution in [0.4, 0.5) is 0 Å². The Morgan fingerprint density at radius 2 is 2.17 bits per heavy atom. The smallest absolute Gasteiger partial charge is 0.303 e. The number of carbonyl (C=O) groups excluding carboxylic acids is 1. The highest BCUT2D eigenvalue weighted by atomic mass is 16.5. The van der Waals surface area contributed by atoms with Gasteiger partial charge in [0.2, 0.25) is 0 Å². The van der Waals surface area contributed by atoms with Gasteiger partial charge < -0.3 is 19.7 Å². The Bertz CT molecular complexity index is 796. The zero-order valence-corrected chi connectivity index (χ0v) is 13.5. The van der Waals surface area contributed by atoms with Crippen molar-refractivity contribution in [1.82, 2.24) is 14.9 Å². The molecular weight excluding hydrogens is 314 g/mol. The highest BCUT2D eigenvalue weighted by Crippen LogP contribution is 2.21. The Kier molecular flexibility index (Phi) is 5.51. The molecule has 8 heteroatoms. The first kappa shape index (κ1) is 17.5. The fraction of sp³-hybridized carbons (Fsp3) is 0.375. The first-order valence-corrected chi connectivity index (χ1v) is 7.50. The number of amides is 1. The lowest BCUT2D eigenvalue weighted by atomic mass is 10.2. The number of carboxylic acids is 1. The summed E-state index contributed by atoms with van der Waals surface area (Å²) in [5, 5.41) is 8.91. The van der Waals surface area contributed by atoms with Crippen LogP contribution in [0.25, 0.3) is 10.9 Å². The molecule has 0 aliphatic carbocycles. The van der Waals surface area contributed by atoms with Crippen LogP contribution < -0.4 is 10.3 Å². The molecule has 0 spiro atoms. The first-order valence-electron chi connectivity index (χ1n) is 7.50. The molecule has 0 aliphatic rings. The van der Waals surface area contributed by atoms with Crippen molar-refractivity contribution in [2.45, 2.75) is 25.9 Å². The summed E-state index contributed by atoms with van der Waals surface area (Å²) in [7, 11) is 1.58. The third-order valence-corrected chi connectivity index (χ3v) is 3.54. The van der Waals surface area contributed by atoms with E-state index in [2.05, 4.69) is 9.97 Å². The zero-order valence-electron chi connectivity index (χ0n) is 13.5. The minimum Gasteiger partial charge on any atom is -0.481 e. The van der Waals surface area contributed by atoms with Gasteiger partial charge in [-0.05, 0) is 25.5 Å². The Balaban J connectivity index is 2.09. The summed E-state index contributed by atoms with van der Waals surface area (Å²) in [4.78, 5) is 42.7.